The second-order valence-corrected chi connectivity index (χ2v) is 6.87. The van der Waals surface area contributed by atoms with Crippen LogP contribution in [0.5, 0.6) is 11.5 Å². The summed E-state index contributed by atoms with van der Waals surface area (Å²) in [5.41, 5.74) is 2.30. The number of halogens is 1. The van der Waals surface area contributed by atoms with Crippen LogP contribution in [-0.4, -0.2) is 35.1 Å². The monoisotopic (exact) mass is 414 g/mol. The molecule has 1 N–H and O–H groups in total. The molecule has 2 heterocycles. The molecule has 2 aromatic carbocycles. The summed E-state index contributed by atoms with van der Waals surface area (Å²) in [6, 6.07) is 12.6. The Morgan fingerprint density at radius 1 is 1.21 bits per heavy atom. The predicted molar refractivity (Wildman–Crippen MR) is 107 cm³/mol. The minimum Gasteiger partial charge on any atom is -0.497 e. The molecule has 9 heteroatoms. The first-order valence-corrected chi connectivity index (χ1v) is 9.29. The zero-order valence-electron chi connectivity index (χ0n) is 15.9. The first kappa shape index (κ1) is 19.2. The van der Waals surface area contributed by atoms with Crippen molar-refractivity contribution < 1.29 is 19.0 Å². The van der Waals surface area contributed by atoms with Gasteiger partial charge in [0.2, 0.25) is 0 Å². The second-order valence-electron chi connectivity index (χ2n) is 6.44. The van der Waals surface area contributed by atoms with Gasteiger partial charge in [-0.1, -0.05) is 28.9 Å². The van der Waals surface area contributed by atoms with E-state index in [4.69, 9.17) is 25.8 Å². The van der Waals surface area contributed by atoms with Crippen molar-refractivity contribution in [3.05, 3.63) is 64.4 Å². The number of nitrogens with zero attached hydrogens (tertiary/aromatic N) is 3. The molecule has 0 saturated carbocycles. The molecule has 8 nitrogen and oxygen atoms in total. The molecule has 1 amide bonds. The van der Waals surface area contributed by atoms with E-state index >= 15 is 0 Å². The van der Waals surface area contributed by atoms with Crippen LogP contribution in [0.4, 0.5) is 5.69 Å². The number of nitrogens with one attached hydrogen (secondary N) is 1. The molecule has 29 heavy (non-hydrogen) atoms. The number of hydrogen-bond acceptors (Lipinski definition) is 6. The van der Waals surface area contributed by atoms with Crippen LogP contribution in [0.1, 0.15) is 27.8 Å². The van der Waals surface area contributed by atoms with Crippen LogP contribution in [0.25, 0.3) is 0 Å². The fourth-order valence-electron chi connectivity index (χ4n) is 3.16. The van der Waals surface area contributed by atoms with E-state index in [0.29, 0.717) is 34.4 Å². The summed E-state index contributed by atoms with van der Waals surface area (Å²) in [6.45, 7) is 0.679. The zero-order chi connectivity index (χ0) is 20.4. The molecule has 0 saturated heterocycles. The molecule has 0 fully saturated rings. The molecule has 1 aliphatic heterocycles. The van der Waals surface area contributed by atoms with Crippen LogP contribution in [0.2, 0.25) is 5.02 Å². The smallest absolute Gasteiger partial charge is 0.278 e. The van der Waals surface area contributed by atoms with Gasteiger partial charge >= 0.3 is 0 Å². The molecular weight excluding hydrogens is 396 g/mol. The lowest BCUT2D eigenvalue weighted by molar-refractivity contribution is -0.00171. The maximum Gasteiger partial charge on any atom is 0.278 e. The molecule has 3 aromatic rings. The van der Waals surface area contributed by atoms with Gasteiger partial charge in [-0.05, 0) is 29.8 Å². The van der Waals surface area contributed by atoms with Crippen LogP contribution in [-0.2, 0) is 17.9 Å². The molecule has 1 aliphatic rings. The molecule has 4 rings (SSSR count). The van der Waals surface area contributed by atoms with Crippen molar-refractivity contribution in [1.82, 2.24) is 15.0 Å². The number of anilines is 1. The van der Waals surface area contributed by atoms with Crippen molar-refractivity contribution in [2.75, 3.05) is 19.5 Å². The number of amides is 1. The fraction of sp³-hybridized carbons (Fsp3) is 0.250. The highest BCUT2D eigenvalue weighted by Gasteiger charge is 2.28. The highest BCUT2D eigenvalue weighted by atomic mass is 35.5. The molecule has 1 atom stereocenters. The van der Waals surface area contributed by atoms with E-state index in [1.165, 1.54) is 7.11 Å². The van der Waals surface area contributed by atoms with Crippen molar-refractivity contribution >= 4 is 23.2 Å². The minimum absolute atomic E-state index is 0.184. The van der Waals surface area contributed by atoms with Crippen LogP contribution in [0.15, 0.2) is 42.5 Å². The van der Waals surface area contributed by atoms with Crippen molar-refractivity contribution in [3.8, 4) is 11.5 Å². The van der Waals surface area contributed by atoms with E-state index in [0.717, 1.165) is 5.56 Å². The molecule has 0 spiro atoms. The average Bonchev–Trinajstić information content (AvgIpc) is 3.17. The molecule has 1 aromatic heterocycles. The predicted octanol–water partition coefficient (Wildman–Crippen LogP) is 3.47. The lowest BCUT2D eigenvalue weighted by atomic mass is 10.1. The zero-order valence-corrected chi connectivity index (χ0v) is 16.6. The van der Waals surface area contributed by atoms with Gasteiger partial charge in [-0.2, -0.15) is 0 Å². The molecule has 150 valence electrons. The number of aromatic nitrogens is 3. The summed E-state index contributed by atoms with van der Waals surface area (Å²) >= 11 is 5.95. The van der Waals surface area contributed by atoms with Crippen molar-refractivity contribution in [2.24, 2.45) is 0 Å². The van der Waals surface area contributed by atoms with E-state index < -0.39 is 5.91 Å². The van der Waals surface area contributed by atoms with Gasteiger partial charge in [0.1, 0.15) is 17.6 Å². The molecule has 0 aliphatic carbocycles. The summed E-state index contributed by atoms with van der Waals surface area (Å²) < 4.78 is 18.2. The summed E-state index contributed by atoms with van der Waals surface area (Å²) in [5, 5.41) is 11.7. The van der Waals surface area contributed by atoms with Gasteiger partial charge in [0.25, 0.3) is 5.91 Å². The quantitative estimate of drug-likeness (QED) is 0.687. The number of fused-ring (bicyclic) bond motifs is 1. The van der Waals surface area contributed by atoms with Gasteiger partial charge in [0.15, 0.2) is 5.69 Å². The number of ether oxygens (including phenoxy) is 3. The Bertz CT molecular complexity index is 1040. The fourth-order valence-corrected chi connectivity index (χ4v) is 3.29. The summed E-state index contributed by atoms with van der Waals surface area (Å²) in [6.07, 6.45) is -0.184. The highest BCUT2D eigenvalue weighted by Crippen LogP contribution is 2.31. The van der Waals surface area contributed by atoms with Crippen molar-refractivity contribution in [3.63, 3.8) is 0 Å². The molecule has 0 unspecified atom stereocenters. The van der Waals surface area contributed by atoms with Crippen LogP contribution < -0.4 is 14.8 Å². The number of benzene rings is 2. The van der Waals surface area contributed by atoms with E-state index in [1.54, 1.807) is 30.0 Å². The number of carbonyl (C=O) groups is 1. The third-order valence-corrected chi connectivity index (χ3v) is 4.96. The van der Waals surface area contributed by atoms with Crippen molar-refractivity contribution in [2.45, 2.75) is 19.3 Å². The Hall–Kier alpha value is -3.10. The summed E-state index contributed by atoms with van der Waals surface area (Å²) in [5.74, 6) is 0.714. The van der Waals surface area contributed by atoms with E-state index in [2.05, 4.69) is 15.6 Å². The largest absolute Gasteiger partial charge is 0.497 e. The number of hydrogen-bond donors (Lipinski definition) is 1. The Morgan fingerprint density at radius 3 is 2.72 bits per heavy atom. The Labute approximate surface area is 172 Å². The summed E-state index contributed by atoms with van der Waals surface area (Å²) in [4.78, 5) is 12.8. The standard InChI is InChI=1S/C20H19ClN4O4/c1-27-14-7-8-17(28-2)15(9-14)22-20(26)19-16-11-29-18(10-25(16)24-23-19)12-3-5-13(21)6-4-12/h3-9,18H,10-11H2,1-2H3,(H,22,26)/t18-/m1/s1. The lowest BCUT2D eigenvalue weighted by Gasteiger charge is -2.24. The van der Waals surface area contributed by atoms with E-state index in [-0.39, 0.29) is 18.4 Å². The number of methoxy groups -OCH3 is 2. The Morgan fingerprint density at radius 2 is 2.00 bits per heavy atom. The Kier molecular flexibility index (Phi) is 5.37. The second kappa shape index (κ2) is 8.10. The van der Waals surface area contributed by atoms with Gasteiger partial charge in [-0.25, -0.2) is 4.68 Å². The van der Waals surface area contributed by atoms with E-state index in [1.807, 2.05) is 24.3 Å². The van der Waals surface area contributed by atoms with Gasteiger partial charge in [0.05, 0.1) is 38.8 Å². The van der Waals surface area contributed by atoms with Crippen LogP contribution >= 0.6 is 11.6 Å². The highest BCUT2D eigenvalue weighted by molar-refractivity contribution is 6.30. The lowest BCUT2D eigenvalue weighted by Crippen LogP contribution is -2.24. The average molecular weight is 415 g/mol. The van der Waals surface area contributed by atoms with Gasteiger partial charge < -0.3 is 19.5 Å². The number of carbonyl (C=O) groups excluding carboxylic acids is 1. The molecule has 0 bridgehead atoms. The van der Waals surface area contributed by atoms with E-state index in [9.17, 15) is 4.79 Å². The summed E-state index contributed by atoms with van der Waals surface area (Å²) in [7, 11) is 3.08. The van der Waals surface area contributed by atoms with Gasteiger partial charge in [-0.15, -0.1) is 5.10 Å². The van der Waals surface area contributed by atoms with Crippen LogP contribution in [0, 0.1) is 0 Å². The third-order valence-electron chi connectivity index (χ3n) is 4.71. The SMILES string of the molecule is COc1ccc(OC)c(NC(=O)c2nnn3c2CO[C@@H](c2ccc(Cl)cc2)C3)c1. The molecule has 0 radical (unpaired) electrons. The van der Waals surface area contributed by atoms with Crippen LogP contribution in [0.3, 0.4) is 0 Å². The molecular formula is C20H19ClN4O4. The topological polar surface area (TPSA) is 87.5 Å². The first-order chi connectivity index (χ1) is 14.1. The maximum atomic E-state index is 12.8. The number of rotatable bonds is 5. The minimum atomic E-state index is -0.397. The van der Waals surface area contributed by atoms with Gasteiger partial charge in [-0.3, -0.25) is 4.79 Å². The maximum absolute atomic E-state index is 12.8. The van der Waals surface area contributed by atoms with Crippen molar-refractivity contribution in [1.29, 1.82) is 0 Å². The van der Waals surface area contributed by atoms with Gasteiger partial charge in [0, 0.05) is 11.1 Å². The normalized spacial score (nSPS) is 15.5. The first-order valence-electron chi connectivity index (χ1n) is 8.92. The Balaban J connectivity index is 1.53. The third kappa shape index (κ3) is 3.90.